The van der Waals surface area contributed by atoms with Crippen molar-refractivity contribution in [3.8, 4) is 0 Å². The fourth-order valence-corrected chi connectivity index (χ4v) is 1.31. The van der Waals surface area contributed by atoms with Crippen molar-refractivity contribution in [3.63, 3.8) is 0 Å². The van der Waals surface area contributed by atoms with Gasteiger partial charge in [0.1, 0.15) is 0 Å². The third-order valence-corrected chi connectivity index (χ3v) is 2.18. The number of likely N-dealkylation sites (N-methyl/N-ethyl adjacent to an activating group) is 2. The number of hydrogen-bond donors (Lipinski definition) is 1. The summed E-state index contributed by atoms with van der Waals surface area (Å²) in [5.41, 5.74) is 0. The molecule has 1 atom stereocenters. The molecule has 0 amide bonds. The van der Waals surface area contributed by atoms with Crippen LogP contribution in [0, 0.1) is 0 Å². The monoisotopic (exact) mass is 158 g/mol. The predicted molar refractivity (Wildman–Crippen MR) is 50.9 cm³/mol. The maximum Gasteiger partial charge on any atom is 0.0217 e. The third kappa shape index (κ3) is 4.38. The van der Waals surface area contributed by atoms with Gasteiger partial charge in [0.25, 0.3) is 0 Å². The summed E-state index contributed by atoms with van der Waals surface area (Å²) < 4.78 is 0. The minimum Gasteiger partial charge on any atom is -0.318 e. The Hall–Kier alpha value is -0.0800. The Kier molecular flexibility index (Phi) is 6.57. The minimum atomic E-state index is 0.718. The number of hydrogen-bond acceptors (Lipinski definition) is 2. The first-order valence-corrected chi connectivity index (χ1v) is 4.61. The fourth-order valence-electron chi connectivity index (χ4n) is 1.31. The van der Waals surface area contributed by atoms with Crippen LogP contribution in [0.3, 0.4) is 0 Å². The van der Waals surface area contributed by atoms with Gasteiger partial charge in [-0.25, -0.2) is 0 Å². The molecule has 0 aliphatic carbocycles. The van der Waals surface area contributed by atoms with E-state index < -0.39 is 0 Å². The maximum absolute atomic E-state index is 3.23. The van der Waals surface area contributed by atoms with Crippen LogP contribution in [-0.2, 0) is 0 Å². The van der Waals surface area contributed by atoms with Crippen molar-refractivity contribution in [3.05, 3.63) is 0 Å². The predicted octanol–water partition coefficient (Wildman–Crippen LogP) is 1.33. The van der Waals surface area contributed by atoms with E-state index in [0.29, 0.717) is 0 Å². The first-order chi connectivity index (χ1) is 5.26. The highest BCUT2D eigenvalue weighted by Gasteiger charge is 2.09. The lowest BCUT2D eigenvalue weighted by atomic mass is 10.1. The van der Waals surface area contributed by atoms with Crippen molar-refractivity contribution in [2.45, 2.75) is 32.7 Å². The van der Waals surface area contributed by atoms with Crippen LogP contribution in [0.25, 0.3) is 0 Å². The van der Waals surface area contributed by atoms with Crippen LogP contribution < -0.4 is 5.32 Å². The van der Waals surface area contributed by atoms with E-state index in [9.17, 15) is 0 Å². The summed E-state index contributed by atoms with van der Waals surface area (Å²) in [6.45, 7) is 6.70. The minimum absolute atomic E-state index is 0.718. The lowest BCUT2D eigenvalue weighted by molar-refractivity contribution is 0.236. The molecule has 0 bridgehead atoms. The van der Waals surface area contributed by atoms with Crippen LogP contribution >= 0.6 is 0 Å². The van der Waals surface area contributed by atoms with E-state index >= 15 is 0 Å². The van der Waals surface area contributed by atoms with Gasteiger partial charge in [0.05, 0.1) is 0 Å². The van der Waals surface area contributed by atoms with Gasteiger partial charge >= 0.3 is 0 Å². The Bertz CT molecular complexity index is 77.6. The van der Waals surface area contributed by atoms with Gasteiger partial charge in [0.2, 0.25) is 0 Å². The van der Waals surface area contributed by atoms with Gasteiger partial charge in [-0.1, -0.05) is 20.3 Å². The average Bonchev–Trinajstić information content (AvgIpc) is 2.03. The van der Waals surface area contributed by atoms with Crippen LogP contribution in [0.5, 0.6) is 0 Å². The molecule has 0 saturated carbocycles. The second-order valence-corrected chi connectivity index (χ2v) is 3.07. The van der Waals surface area contributed by atoms with Gasteiger partial charge in [0, 0.05) is 12.6 Å². The second kappa shape index (κ2) is 6.62. The molecule has 0 aromatic rings. The first-order valence-electron chi connectivity index (χ1n) is 4.61. The molecule has 2 nitrogen and oxygen atoms in total. The molecule has 0 spiro atoms. The summed E-state index contributed by atoms with van der Waals surface area (Å²) in [5, 5.41) is 3.23. The van der Waals surface area contributed by atoms with Crippen molar-refractivity contribution in [2.75, 3.05) is 27.2 Å². The molecule has 1 N–H and O–H groups in total. The lowest BCUT2D eigenvalue weighted by Crippen LogP contribution is -2.38. The van der Waals surface area contributed by atoms with E-state index in [2.05, 4.69) is 31.1 Å². The summed E-state index contributed by atoms with van der Waals surface area (Å²) >= 11 is 0. The molecule has 2 heteroatoms. The van der Waals surface area contributed by atoms with E-state index in [1.807, 2.05) is 7.05 Å². The Balaban J connectivity index is 3.66. The molecule has 68 valence electrons. The number of nitrogens with one attached hydrogen (secondary N) is 1. The van der Waals surface area contributed by atoms with Crippen LogP contribution in [0.1, 0.15) is 26.7 Å². The number of nitrogens with zero attached hydrogens (tertiary/aromatic N) is 1. The zero-order chi connectivity index (χ0) is 8.69. The molecule has 0 rings (SSSR count). The molecule has 0 aliphatic rings. The summed E-state index contributed by atoms with van der Waals surface area (Å²) in [7, 11) is 4.21. The van der Waals surface area contributed by atoms with Crippen LogP contribution in [0.15, 0.2) is 0 Å². The van der Waals surface area contributed by atoms with E-state index in [-0.39, 0.29) is 0 Å². The topological polar surface area (TPSA) is 15.3 Å². The fraction of sp³-hybridized carbons (Fsp3) is 1.00. The Labute approximate surface area is 71.0 Å². The molecule has 0 heterocycles. The molecule has 11 heavy (non-hydrogen) atoms. The highest BCUT2D eigenvalue weighted by molar-refractivity contribution is 4.68. The molecule has 0 aliphatic heterocycles. The second-order valence-electron chi connectivity index (χ2n) is 3.07. The van der Waals surface area contributed by atoms with Crippen molar-refractivity contribution >= 4 is 0 Å². The first kappa shape index (κ1) is 10.9. The summed E-state index contributed by atoms with van der Waals surface area (Å²) in [6.07, 6.45) is 2.57. The van der Waals surface area contributed by atoms with Crippen LogP contribution in [-0.4, -0.2) is 38.1 Å². The quantitative estimate of drug-likeness (QED) is 0.627. The van der Waals surface area contributed by atoms with E-state index in [4.69, 9.17) is 0 Å². The van der Waals surface area contributed by atoms with E-state index in [1.54, 1.807) is 0 Å². The van der Waals surface area contributed by atoms with Gasteiger partial charge in [-0.2, -0.15) is 0 Å². The summed E-state index contributed by atoms with van der Waals surface area (Å²) in [5.74, 6) is 0. The molecule has 0 fully saturated rings. The smallest absolute Gasteiger partial charge is 0.0217 e. The Morgan fingerprint density at radius 2 is 2.00 bits per heavy atom. The van der Waals surface area contributed by atoms with Gasteiger partial charge < -0.3 is 10.2 Å². The van der Waals surface area contributed by atoms with Gasteiger partial charge in [-0.15, -0.1) is 0 Å². The standard InChI is InChI=1S/C9H22N2/c1-5-7-9(8-10-3)11(4)6-2/h9-10H,5-8H2,1-4H3. The van der Waals surface area contributed by atoms with Crippen molar-refractivity contribution in [1.82, 2.24) is 10.2 Å². The highest BCUT2D eigenvalue weighted by Crippen LogP contribution is 2.02. The zero-order valence-electron chi connectivity index (χ0n) is 8.35. The zero-order valence-corrected chi connectivity index (χ0v) is 8.35. The van der Waals surface area contributed by atoms with Gasteiger partial charge in [0.15, 0.2) is 0 Å². The van der Waals surface area contributed by atoms with Gasteiger partial charge in [-0.3, -0.25) is 0 Å². The van der Waals surface area contributed by atoms with Crippen molar-refractivity contribution in [1.29, 1.82) is 0 Å². The molecule has 0 aromatic heterocycles. The largest absolute Gasteiger partial charge is 0.318 e. The van der Waals surface area contributed by atoms with E-state index in [0.717, 1.165) is 19.1 Å². The molecular weight excluding hydrogens is 136 g/mol. The lowest BCUT2D eigenvalue weighted by Gasteiger charge is -2.26. The van der Waals surface area contributed by atoms with Crippen LogP contribution in [0.2, 0.25) is 0 Å². The maximum atomic E-state index is 3.23. The van der Waals surface area contributed by atoms with Crippen molar-refractivity contribution < 1.29 is 0 Å². The molecule has 1 unspecified atom stereocenters. The molecule has 0 saturated heterocycles. The van der Waals surface area contributed by atoms with Gasteiger partial charge in [-0.05, 0) is 27.1 Å². The summed E-state index contributed by atoms with van der Waals surface area (Å²) in [4.78, 5) is 2.40. The normalized spacial score (nSPS) is 13.9. The van der Waals surface area contributed by atoms with Crippen LogP contribution in [0.4, 0.5) is 0 Å². The molecule has 0 radical (unpaired) electrons. The Morgan fingerprint density at radius 1 is 1.36 bits per heavy atom. The summed E-state index contributed by atoms with van der Waals surface area (Å²) in [6, 6.07) is 0.718. The van der Waals surface area contributed by atoms with Crippen molar-refractivity contribution in [2.24, 2.45) is 0 Å². The Morgan fingerprint density at radius 3 is 2.36 bits per heavy atom. The van der Waals surface area contributed by atoms with E-state index in [1.165, 1.54) is 12.8 Å². The molecular formula is C9H22N2. The SMILES string of the molecule is CCCC(CNC)N(C)CC. The highest BCUT2D eigenvalue weighted by atomic mass is 15.1. The molecule has 0 aromatic carbocycles. The number of rotatable bonds is 6. The third-order valence-electron chi connectivity index (χ3n) is 2.18. The average molecular weight is 158 g/mol.